The van der Waals surface area contributed by atoms with Gasteiger partial charge < -0.3 is 10.6 Å². The topological polar surface area (TPSA) is 105 Å². The average Bonchev–Trinajstić information content (AvgIpc) is 2.73. The zero-order valence-electron chi connectivity index (χ0n) is 20.2. The maximum absolute atomic E-state index is 11.7. The zero-order valence-corrected chi connectivity index (χ0v) is 22.6. The van der Waals surface area contributed by atoms with Crippen molar-refractivity contribution in [2.24, 2.45) is 4.36 Å². The number of fused-ring (bicyclic) bond motifs is 2. The molecule has 4 rings (SSSR count). The molecule has 0 aliphatic rings. The number of benzene rings is 2. The molecule has 2 heterocycles. The van der Waals surface area contributed by atoms with Gasteiger partial charge in [0.05, 0.1) is 16.7 Å². The van der Waals surface area contributed by atoms with Gasteiger partial charge in [-0.25, -0.2) is 24.1 Å². The summed E-state index contributed by atoms with van der Waals surface area (Å²) in [6.45, 7) is 8.28. The van der Waals surface area contributed by atoms with Gasteiger partial charge in [0.15, 0.2) is 0 Å². The molecule has 0 saturated heterocycles. The van der Waals surface area contributed by atoms with Gasteiger partial charge in [-0.15, -0.1) is 0 Å². The van der Waals surface area contributed by atoms with E-state index in [0.717, 1.165) is 37.9 Å². The molecule has 10 heteroatoms. The first-order valence-corrected chi connectivity index (χ1v) is 14.0. The van der Waals surface area contributed by atoms with Crippen LogP contribution in [0.4, 0.5) is 17.3 Å². The second-order valence-corrected chi connectivity index (χ2v) is 12.1. The van der Waals surface area contributed by atoms with Crippen LogP contribution in [0, 0.1) is 0 Å². The quantitative estimate of drug-likeness (QED) is 0.317. The summed E-state index contributed by atoms with van der Waals surface area (Å²) in [6.07, 6.45) is 6.35. The Labute approximate surface area is 209 Å². The number of halogens is 1. The van der Waals surface area contributed by atoms with Crippen molar-refractivity contribution in [1.82, 2.24) is 19.9 Å². The molecule has 0 aliphatic carbocycles. The number of hydrogen-bond donors (Lipinski definition) is 2. The van der Waals surface area contributed by atoms with E-state index in [4.69, 9.17) is 0 Å². The van der Waals surface area contributed by atoms with Crippen LogP contribution >= 0.6 is 15.9 Å². The Morgan fingerprint density at radius 2 is 1.29 bits per heavy atom. The van der Waals surface area contributed by atoms with Crippen LogP contribution in [0.1, 0.15) is 27.7 Å². The molecule has 0 atom stereocenters. The lowest BCUT2D eigenvalue weighted by molar-refractivity contribution is 0.684. The molecule has 0 radical (unpaired) electrons. The maximum Gasteiger partial charge on any atom is 0.137 e. The predicted molar refractivity (Wildman–Crippen MR) is 146 cm³/mol. The molecule has 0 bridgehead atoms. The molecule has 4 aromatic rings. The third-order valence-electron chi connectivity index (χ3n) is 4.39. The summed E-state index contributed by atoms with van der Waals surface area (Å²) < 4.78 is 17.0. The van der Waals surface area contributed by atoms with E-state index in [2.05, 4.69) is 64.7 Å². The summed E-state index contributed by atoms with van der Waals surface area (Å²) in [7, 11) is -2.17. The van der Waals surface area contributed by atoms with Crippen LogP contribution in [0.15, 0.2) is 57.9 Å². The van der Waals surface area contributed by atoms with E-state index >= 15 is 0 Å². The standard InChI is InChI=1S/C13H18N4OS.C11H12BrN3/c1-9(2)16-13-11-7-10(17-19(3,4)18)5-6-12(11)14-8-15-13;1-7(2)15-11-9-5-8(12)3-4-10(9)13-6-14-11/h5-9H,1-4H3,(H,14,15,16);3-7H,1-2H3,(H,13,14,15). The molecule has 0 unspecified atom stereocenters. The third kappa shape index (κ3) is 7.33. The van der Waals surface area contributed by atoms with E-state index in [1.165, 1.54) is 6.33 Å². The minimum absolute atomic E-state index is 0.278. The minimum atomic E-state index is -2.17. The second-order valence-electron chi connectivity index (χ2n) is 8.68. The van der Waals surface area contributed by atoms with Crippen LogP contribution < -0.4 is 10.6 Å². The molecule has 0 fully saturated rings. The zero-order chi connectivity index (χ0) is 24.9. The van der Waals surface area contributed by atoms with E-state index in [9.17, 15) is 4.21 Å². The Hall–Kier alpha value is -2.85. The first kappa shape index (κ1) is 25.8. The van der Waals surface area contributed by atoms with Crippen molar-refractivity contribution < 1.29 is 4.21 Å². The van der Waals surface area contributed by atoms with Crippen molar-refractivity contribution in [2.75, 3.05) is 23.1 Å². The Bertz CT molecular complexity index is 1410. The molecule has 8 nitrogen and oxygen atoms in total. The number of anilines is 2. The Balaban J connectivity index is 0.000000196. The highest BCUT2D eigenvalue weighted by atomic mass is 79.9. The number of nitrogens with one attached hydrogen (secondary N) is 2. The van der Waals surface area contributed by atoms with Crippen LogP contribution in [0.5, 0.6) is 0 Å². The third-order valence-corrected chi connectivity index (χ3v) is 5.54. The van der Waals surface area contributed by atoms with Crippen molar-refractivity contribution in [3.05, 3.63) is 53.5 Å². The minimum Gasteiger partial charge on any atom is -0.367 e. The van der Waals surface area contributed by atoms with Gasteiger partial charge in [0, 0.05) is 49.6 Å². The van der Waals surface area contributed by atoms with Gasteiger partial charge in [-0.3, -0.25) is 0 Å². The van der Waals surface area contributed by atoms with E-state index in [1.54, 1.807) is 18.8 Å². The van der Waals surface area contributed by atoms with Crippen LogP contribution in [0.25, 0.3) is 21.8 Å². The van der Waals surface area contributed by atoms with Crippen LogP contribution in [-0.4, -0.2) is 48.7 Å². The number of nitrogens with zero attached hydrogens (tertiary/aromatic N) is 5. The highest BCUT2D eigenvalue weighted by molar-refractivity contribution is 9.10. The van der Waals surface area contributed by atoms with Gasteiger partial charge in [0.1, 0.15) is 24.3 Å². The van der Waals surface area contributed by atoms with Crippen molar-refractivity contribution in [3.63, 3.8) is 0 Å². The van der Waals surface area contributed by atoms with Gasteiger partial charge in [-0.1, -0.05) is 15.9 Å². The van der Waals surface area contributed by atoms with Crippen LogP contribution in [0.2, 0.25) is 0 Å². The number of rotatable bonds is 5. The summed E-state index contributed by atoms with van der Waals surface area (Å²) in [5.74, 6) is 1.66. The molecule has 2 aromatic heterocycles. The van der Waals surface area contributed by atoms with E-state index < -0.39 is 9.73 Å². The predicted octanol–water partition coefficient (Wildman–Crippen LogP) is 6.02. The van der Waals surface area contributed by atoms with Crippen molar-refractivity contribution >= 4 is 64.8 Å². The largest absolute Gasteiger partial charge is 0.367 e. The normalized spacial score (nSPS) is 11.4. The van der Waals surface area contributed by atoms with Gasteiger partial charge in [0.2, 0.25) is 0 Å². The summed E-state index contributed by atoms with van der Waals surface area (Å²) in [5, 5.41) is 8.51. The highest BCUT2D eigenvalue weighted by Gasteiger charge is 2.07. The Kier molecular flexibility index (Phi) is 8.37. The molecule has 0 spiro atoms. The number of hydrogen-bond acceptors (Lipinski definition) is 8. The second kappa shape index (κ2) is 11.1. The molecule has 0 saturated carbocycles. The van der Waals surface area contributed by atoms with Crippen molar-refractivity contribution in [1.29, 1.82) is 0 Å². The average molecular weight is 545 g/mol. The summed E-state index contributed by atoms with van der Waals surface area (Å²) in [5.41, 5.74) is 2.48. The molecular formula is C24H30BrN7OS. The Morgan fingerprint density at radius 1 is 0.794 bits per heavy atom. The molecule has 0 aliphatic heterocycles. The SMILES string of the molecule is CC(C)Nc1ncnc2ccc(Br)cc12.CC(C)Nc1ncnc2ccc(N=S(C)(C)=O)cc12. The lowest BCUT2D eigenvalue weighted by atomic mass is 10.2. The molecule has 2 N–H and O–H groups in total. The molecular weight excluding hydrogens is 514 g/mol. The fourth-order valence-corrected chi connectivity index (χ4v) is 4.14. The fraction of sp³-hybridized carbons (Fsp3) is 0.333. The van der Waals surface area contributed by atoms with Gasteiger partial charge in [-0.2, -0.15) is 4.36 Å². The number of aromatic nitrogens is 4. The fourth-order valence-electron chi connectivity index (χ4n) is 3.16. The van der Waals surface area contributed by atoms with Gasteiger partial charge >= 0.3 is 0 Å². The smallest absolute Gasteiger partial charge is 0.137 e. The van der Waals surface area contributed by atoms with Crippen molar-refractivity contribution in [3.8, 4) is 0 Å². The molecule has 0 amide bonds. The van der Waals surface area contributed by atoms with E-state index in [1.807, 2.05) is 50.2 Å². The van der Waals surface area contributed by atoms with Crippen molar-refractivity contribution in [2.45, 2.75) is 39.8 Å². The monoisotopic (exact) mass is 543 g/mol. The van der Waals surface area contributed by atoms with Crippen LogP contribution in [-0.2, 0) is 9.73 Å². The summed E-state index contributed by atoms with van der Waals surface area (Å²) >= 11 is 3.45. The van der Waals surface area contributed by atoms with E-state index in [0.29, 0.717) is 11.7 Å². The highest BCUT2D eigenvalue weighted by Crippen LogP contribution is 2.26. The Morgan fingerprint density at radius 3 is 1.79 bits per heavy atom. The van der Waals surface area contributed by atoms with Gasteiger partial charge in [-0.05, 0) is 64.1 Å². The first-order chi connectivity index (χ1) is 16.0. The summed E-state index contributed by atoms with van der Waals surface area (Å²) in [4.78, 5) is 16.9. The summed E-state index contributed by atoms with van der Waals surface area (Å²) in [6, 6.07) is 12.2. The van der Waals surface area contributed by atoms with E-state index in [-0.39, 0.29) is 6.04 Å². The lowest BCUT2D eigenvalue weighted by Crippen LogP contribution is -2.11. The van der Waals surface area contributed by atoms with Gasteiger partial charge in [0.25, 0.3) is 0 Å². The lowest BCUT2D eigenvalue weighted by Gasteiger charge is -2.11. The first-order valence-electron chi connectivity index (χ1n) is 10.9. The molecule has 2 aromatic carbocycles. The molecule has 180 valence electrons. The van der Waals surface area contributed by atoms with Crippen LogP contribution in [0.3, 0.4) is 0 Å². The molecule has 34 heavy (non-hydrogen) atoms. The maximum atomic E-state index is 11.7.